The van der Waals surface area contributed by atoms with Gasteiger partial charge in [0.15, 0.2) is 0 Å². The summed E-state index contributed by atoms with van der Waals surface area (Å²) in [5.41, 5.74) is 0.762. The lowest BCUT2D eigenvalue weighted by Crippen LogP contribution is -2.21. The number of hydrogen-bond donors (Lipinski definition) is 0. The summed E-state index contributed by atoms with van der Waals surface area (Å²) in [4.78, 5) is 19.7. The van der Waals surface area contributed by atoms with Crippen molar-refractivity contribution in [1.29, 1.82) is 0 Å². The van der Waals surface area contributed by atoms with Gasteiger partial charge < -0.3 is 9.47 Å². The first-order valence-corrected chi connectivity index (χ1v) is 5.82. The third kappa shape index (κ3) is 3.51. The molecule has 19 heavy (non-hydrogen) atoms. The smallest absolute Gasteiger partial charge is 0.316 e. The predicted octanol–water partition coefficient (Wildman–Crippen LogP) is 1.81. The second-order valence-corrected chi connectivity index (χ2v) is 3.86. The molecule has 0 bridgehead atoms. The Kier molecular flexibility index (Phi) is 4.44. The molecule has 2 rings (SSSR count). The van der Waals surface area contributed by atoms with Crippen LogP contribution in [0.25, 0.3) is 0 Å². The second kappa shape index (κ2) is 6.49. The van der Waals surface area contributed by atoms with Crippen LogP contribution in [-0.2, 0) is 9.53 Å². The topological polar surface area (TPSA) is 61.3 Å². The third-order valence-corrected chi connectivity index (χ3v) is 2.62. The minimum atomic E-state index is -0.501. The van der Waals surface area contributed by atoms with Crippen LogP contribution in [0, 0.1) is 0 Å². The van der Waals surface area contributed by atoms with E-state index in [9.17, 15) is 4.79 Å². The van der Waals surface area contributed by atoms with Crippen molar-refractivity contribution in [2.24, 2.45) is 0 Å². The van der Waals surface area contributed by atoms with Gasteiger partial charge in [-0.05, 0) is 23.8 Å². The van der Waals surface area contributed by atoms with Crippen LogP contribution in [-0.4, -0.2) is 29.7 Å². The number of pyridine rings is 2. The van der Waals surface area contributed by atoms with Crippen molar-refractivity contribution in [2.75, 3.05) is 13.7 Å². The largest absolute Gasteiger partial charge is 0.491 e. The first kappa shape index (κ1) is 13.0. The van der Waals surface area contributed by atoms with Crippen LogP contribution in [0.5, 0.6) is 5.75 Å². The molecule has 5 nitrogen and oxygen atoms in total. The van der Waals surface area contributed by atoms with Gasteiger partial charge in [-0.15, -0.1) is 0 Å². The monoisotopic (exact) mass is 258 g/mol. The fourth-order valence-corrected chi connectivity index (χ4v) is 1.64. The lowest BCUT2D eigenvalue weighted by Gasteiger charge is -2.15. The van der Waals surface area contributed by atoms with E-state index < -0.39 is 5.92 Å². The van der Waals surface area contributed by atoms with Crippen LogP contribution < -0.4 is 4.74 Å². The number of esters is 1. The van der Waals surface area contributed by atoms with E-state index in [4.69, 9.17) is 9.47 Å². The SMILES string of the molecule is COC(=O)C(COc1cccnc1)c1cccnc1. The highest BCUT2D eigenvalue weighted by Gasteiger charge is 2.22. The molecule has 2 heterocycles. The van der Waals surface area contributed by atoms with Crippen molar-refractivity contribution >= 4 is 5.97 Å². The number of carbonyl (C=O) groups excluding carboxylic acids is 1. The van der Waals surface area contributed by atoms with Gasteiger partial charge in [0.05, 0.1) is 13.3 Å². The van der Waals surface area contributed by atoms with Gasteiger partial charge in [0, 0.05) is 18.6 Å². The molecular weight excluding hydrogens is 244 g/mol. The van der Waals surface area contributed by atoms with Gasteiger partial charge in [-0.2, -0.15) is 0 Å². The van der Waals surface area contributed by atoms with Crippen molar-refractivity contribution in [3.8, 4) is 5.75 Å². The molecule has 0 spiro atoms. The van der Waals surface area contributed by atoms with E-state index >= 15 is 0 Å². The third-order valence-electron chi connectivity index (χ3n) is 2.62. The molecule has 0 N–H and O–H groups in total. The molecule has 0 amide bonds. The molecule has 2 aromatic heterocycles. The molecule has 1 atom stereocenters. The van der Waals surface area contributed by atoms with E-state index in [0.717, 1.165) is 5.56 Å². The van der Waals surface area contributed by atoms with Crippen LogP contribution in [0.4, 0.5) is 0 Å². The highest BCUT2D eigenvalue weighted by molar-refractivity contribution is 5.78. The standard InChI is InChI=1S/C14H14N2O3/c1-18-14(17)13(11-4-2-6-15-8-11)10-19-12-5-3-7-16-9-12/h2-9,13H,10H2,1H3. The van der Waals surface area contributed by atoms with Crippen LogP contribution in [0.15, 0.2) is 49.1 Å². The zero-order chi connectivity index (χ0) is 13.5. The molecule has 1 unspecified atom stereocenters. The molecule has 0 aliphatic heterocycles. The van der Waals surface area contributed by atoms with Gasteiger partial charge in [0.2, 0.25) is 0 Å². The Morgan fingerprint density at radius 1 is 1.21 bits per heavy atom. The fraction of sp³-hybridized carbons (Fsp3) is 0.214. The zero-order valence-electron chi connectivity index (χ0n) is 10.5. The van der Waals surface area contributed by atoms with E-state index in [1.54, 1.807) is 43.0 Å². The minimum absolute atomic E-state index is 0.185. The van der Waals surface area contributed by atoms with E-state index in [-0.39, 0.29) is 12.6 Å². The van der Waals surface area contributed by atoms with E-state index in [1.807, 2.05) is 6.07 Å². The molecule has 0 saturated heterocycles. The molecule has 2 aromatic rings. The Labute approximate surface area is 111 Å². The highest BCUT2D eigenvalue weighted by Crippen LogP contribution is 2.18. The van der Waals surface area contributed by atoms with Crippen LogP contribution in [0.1, 0.15) is 11.5 Å². The lowest BCUT2D eigenvalue weighted by atomic mass is 10.0. The number of ether oxygens (including phenoxy) is 2. The molecular formula is C14H14N2O3. The molecule has 5 heteroatoms. The predicted molar refractivity (Wildman–Crippen MR) is 68.7 cm³/mol. The molecule has 0 aromatic carbocycles. The fourth-order valence-electron chi connectivity index (χ4n) is 1.64. The van der Waals surface area contributed by atoms with Crippen molar-refractivity contribution in [3.63, 3.8) is 0 Å². The van der Waals surface area contributed by atoms with Crippen LogP contribution >= 0.6 is 0 Å². The molecule has 98 valence electrons. The number of carbonyl (C=O) groups is 1. The highest BCUT2D eigenvalue weighted by atomic mass is 16.5. The Hall–Kier alpha value is -2.43. The van der Waals surface area contributed by atoms with Crippen LogP contribution in [0.2, 0.25) is 0 Å². The zero-order valence-corrected chi connectivity index (χ0v) is 10.5. The summed E-state index contributed by atoms with van der Waals surface area (Å²) < 4.78 is 10.3. The summed E-state index contributed by atoms with van der Waals surface area (Å²) in [7, 11) is 1.36. The average molecular weight is 258 g/mol. The Bertz CT molecular complexity index is 517. The Balaban J connectivity index is 2.09. The molecule has 0 aliphatic carbocycles. The number of hydrogen-bond acceptors (Lipinski definition) is 5. The van der Waals surface area contributed by atoms with E-state index in [0.29, 0.717) is 5.75 Å². The van der Waals surface area contributed by atoms with Gasteiger partial charge in [-0.25, -0.2) is 0 Å². The molecule has 0 radical (unpaired) electrons. The maximum absolute atomic E-state index is 11.8. The maximum atomic E-state index is 11.8. The molecule has 0 saturated carbocycles. The van der Waals surface area contributed by atoms with E-state index in [1.165, 1.54) is 7.11 Å². The lowest BCUT2D eigenvalue weighted by molar-refractivity contribution is -0.143. The number of aromatic nitrogens is 2. The van der Waals surface area contributed by atoms with Crippen molar-refractivity contribution in [1.82, 2.24) is 9.97 Å². The second-order valence-electron chi connectivity index (χ2n) is 3.86. The normalized spacial score (nSPS) is 11.6. The first-order valence-electron chi connectivity index (χ1n) is 5.82. The van der Waals surface area contributed by atoms with Gasteiger partial charge in [0.25, 0.3) is 0 Å². The number of rotatable bonds is 5. The maximum Gasteiger partial charge on any atom is 0.316 e. The average Bonchev–Trinajstić information content (AvgIpc) is 2.49. The first-order chi connectivity index (χ1) is 9.31. The number of nitrogens with zero attached hydrogens (tertiary/aromatic N) is 2. The summed E-state index contributed by atoms with van der Waals surface area (Å²) in [5.74, 6) is -0.240. The quantitative estimate of drug-likeness (QED) is 0.765. The van der Waals surface area contributed by atoms with Gasteiger partial charge in [-0.3, -0.25) is 14.8 Å². The summed E-state index contributed by atoms with van der Waals surface area (Å²) in [6, 6.07) is 7.15. The molecule has 0 fully saturated rings. The van der Waals surface area contributed by atoms with Crippen molar-refractivity contribution < 1.29 is 14.3 Å². The Morgan fingerprint density at radius 2 is 1.95 bits per heavy atom. The Morgan fingerprint density at radius 3 is 2.53 bits per heavy atom. The van der Waals surface area contributed by atoms with Gasteiger partial charge >= 0.3 is 5.97 Å². The van der Waals surface area contributed by atoms with Crippen molar-refractivity contribution in [2.45, 2.75) is 5.92 Å². The van der Waals surface area contributed by atoms with E-state index in [2.05, 4.69) is 9.97 Å². The molecule has 0 aliphatic rings. The summed E-state index contributed by atoms with van der Waals surface area (Å²) >= 11 is 0. The van der Waals surface area contributed by atoms with Crippen molar-refractivity contribution in [3.05, 3.63) is 54.6 Å². The minimum Gasteiger partial charge on any atom is -0.491 e. The van der Waals surface area contributed by atoms with Gasteiger partial charge in [-0.1, -0.05) is 6.07 Å². The van der Waals surface area contributed by atoms with Gasteiger partial charge in [0.1, 0.15) is 18.3 Å². The summed E-state index contributed by atoms with van der Waals surface area (Å²) in [6.07, 6.45) is 6.54. The summed E-state index contributed by atoms with van der Waals surface area (Å²) in [5, 5.41) is 0. The number of methoxy groups -OCH3 is 1. The summed E-state index contributed by atoms with van der Waals surface area (Å²) in [6.45, 7) is 0.185. The van der Waals surface area contributed by atoms with Crippen LogP contribution in [0.3, 0.4) is 0 Å².